The Labute approximate surface area is 126 Å². The smallest absolute Gasteiger partial charge is 0.154 e. The summed E-state index contributed by atoms with van der Waals surface area (Å²) in [6, 6.07) is 6.76. The number of piperazine rings is 1. The first-order valence-electron chi connectivity index (χ1n) is 6.93. The average molecular weight is 289 g/mol. The molecule has 0 spiro atoms. The number of ketones is 1. The zero-order valence-electron chi connectivity index (χ0n) is 12.7. The van der Waals surface area contributed by atoms with Gasteiger partial charge in [0.05, 0.1) is 0 Å². The minimum absolute atomic E-state index is 0.119. The van der Waals surface area contributed by atoms with Gasteiger partial charge < -0.3 is 15.5 Å². The van der Waals surface area contributed by atoms with E-state index in [4.69, 9.17) is 5.73 Å². The highest BCUT2D eigenvalue weighted by atomic mass is 16.1. The number of allylic oxidation sites excluding steroid dienone is 1. The second-order valence-electron chi connectivity index (χ2n) is 5.05. The fourth-order valence-electron chi connectivity index (χ4n) is 1.76. The van der Waals surface area contributed by atoms with Crippen molar-refractivity contribution in [2.45, 2.75) is 6.92 Å². The monoisotopic (exact) mass is 289 g/mol. The maximum atomic E-state index is 10.6. The van der Waals surface area contributed by atoms with Crippen LogP contribution in [0, 0.1) is 0 Å². The van der Waals surface area contributed by atoms with E-state index >= 15 is 0 Å². The van der Waals surface area contributed by atoms with Crippen LogP contribution in [0.1, 0.15) is 17.3 Å². The van der Waals surface area contributed by atoms with E-state index in [1.54, 1.807) is 37.3 Å². The molecule has 1 aromatic carbocycles. The van der Waals surface area contributed by atoms with E-state index in [0.717, 1.165) is 32.5 Å². The van der Waals surface area contributed by atoms with Crippen LogP contribution in [0.4, 0.5) is 5.69 Å². The Morgan fingerprint density at radius 3 is 2.19 bits per heavy atom. The first-order chi connectivity index (χ1) is 10.0. The summed E-state index contributed by atoms with van der Waals surface area (Å²) in [4.78, 5) is 25.2. The number of likely N-dealkylation sites (N-methyl/N-ethyl adjacent to an activating group) is 1. The van der Waals surface area contributed by atoms with E-state index in [0.29, 0.717) is 11.3 Å². The number of hydrogen-bond acceptors (Lipinski definition) is 5. The zero-order chi connectivity index (χ0) is 15.7. The van der Waals surface area contributed by atoms with Crippen molar-refractivity contribution < 1.29 is 9.59 Å². The lowest BCUT2D eigenvalue weighted by Crippen LogP contribution is -2.41. The van der Waals surface area contributed by atoms with Gasteiger partial charge in [0.1, 0.15) is 6.29 Å². The molecule has 2 rings (SSSR count). The van der Waals surface area contributed by atoms with Crippen LogP contribution in [-0.4, -0.2) is 55.1 Å². The molecule has 114 valence electrons. The average Bonchev–Trinajstić information content (AvgIpc) is 2.48. The van der Waals surface area contributed by atoms with Crippen molar-refractivity contribution in [3.63, 3.8) is 0 Å². The Kier molecular flexibility index (Phi) is 7.18. The Bertz CT molecular complexity index is 475. The molecule has 0 atom stereocenters. The summed E-state index contributed by atoms with van der Waals surface area (Å²) in [5.74, 6) is 0.119. The van der Waals surface area contributed by atoms with Gasteiger partial charge in [-0.15, -0.1) is 0 Å². The predicted octanol–water partition coefficient (Wildman–Crippen LogP) is 1.42. The van der Waals surface area contributed by atoms with Gasteiger partial charge in [0.15, 0.2) is 5.78 Å². The third kappa shape index (κ3) is 7.27. The second-order valence-corrected chi connectivity index (χ2v) is 5.05. The van der Waals surface area contributed by atoms with Gasteiger partial charge in [0.25, 0.3) is 0 Å². The van der Waals surface area contributed by atoms with Crippen LogP contribution in [0.5, 0.6) is 0 Å². The quantitative estimate of drug-likeness (QED) is 0.518. The third-order valence-electron chi connectivity index (χ3n) is 3.13. The summed E-state index contributed by atoms with van der Waals surface area (Å²) in [6.07, 6.45) is 4.32. The van der Waals surface area contributed by atoms with Crippen molar-refractivity contribution in [2.75, 3.05) is 39.0 Å². The molecular weight excluding hydrogens is 266 g/mol. The van der Waals surface area contributed by atoms with Crippen LogP contribution < -0.4 is 5.73 Å². The standard InChI is InChI=1S/C9H16N2O.C7H7NO/c1-9(12)3-4-11-7-5-10(2)6-8-11;8-7-3-1-6(5-9)2-4-7/h3-4H,5-8H2,1-2H3;1-5H,8H2/b4-3+;. The van der Waals surface area contributed by atoms with Crippen LogP contribution >= 0.6 is 0 Å². The van der Waals surface area contributed by atoms with E-state index in [1.807, 2.05) is 6.20 Å². The van der Waals surface area contributed by atoms with Gasteiger partial charge in [0.2, 0.25) is 0 Å². The Balaban J connectivity index is 0.000000219. The number of carbonyl (C=O) groups is 2. The normalized spacial score (nSPS) is 15.4. The maximum Gasteiger partial charge on any atom is 0.154 e. The number of nitrogen functional groups attached to an aromatic ring is 1. The predicted molar refractivity (Wildman–Crippen MR) is 85.1 cm³/mol. The summed E-state index contributed by atoms with van der Waals surface area (Å²) in [7, 11) is 2.12. The summed E-state index contributed by atoms with van der Waals surface area (Å²) in [5.41, 5.74) is 6.70. The van der Waals surface area contributed by atoms with Gasteiger partial charge >= 0.3 is 0 Å². The molecule has 0 bridgehead atoms. The lowest BCUT2D eigenvalue weighted by Gasteiger charge is -2.31. The maximum absolute atomic E-state index is 10.6. The van der Waals surface area contributed by atoms with Crippen LogP contribution in [0.25, 0.3) is 0 Å². The highest BCUT2D eigenvalue weighted by Crippen LogP contribution is 2.02. The van der Waals surface area contributed by atoms with Crippen LogP contribution in [-0.2, 0) is 4.79 Å². The van der Waals surface area contributed by atoms with E-state index < -0.39 is 0 Å². The zero-order valence-corrected chi connectivity index (χ0v) is 12.7. The number of rotatable bonds is 3. The van der Waals surface area contributed by atoms with Gasteiger partial charge in [-0.25, -0.2) is 0 Å². The minimum Gasteiger partial charge on any atom is -0.399 e. The first-order valence-corrected chi connectivity index (χ1v) is 6.93. The highest BCUT2D eigenvalue weighted by Gasteiger charge is 2.09. The molecule has 0 amide bonds. The second kappa shape index (κ2) is 8.92. The highest BCUT2D eigenvalue weighted by molar-refractivity contribution is 5.87. The minimum atomic E-state index is 0.119. The van der Waals surface area contributed by atoms with E-state index in [1.165, 1.54) is 0 Å². The summed E-state index contributed by atoms with van der Waals surface area (Å²) in [6.45, 7) is 5.80. The SMILES string of the molecule is CC(=O)/C=C/N1CCN(C)CC1.Nc1ccc(C=O)cc1. The molecule has 0 unspecified atom stereocenters. The lowest BCUT2D eigenvalue weighted by atomic mass is 10.2. The van der Waals surface area contributed by atoms with Gasteiger partial charge in [0, 0.05) is 43.6 Å². The molecule has 2 N–H and O–H groups in total. The molecule has 0 aromatic heterocycles. The Morgan fingerprint density at radius 2 is 1.71 bits per heavy atom. The topological polar surface area (TPSA) is 66.6 Å². The van der Waals surface area contributed by atoms with Gasteiger partial charge in [-0.2, -0.15) is 0 Å². The molecule has 5 nitrogen and oxygen atoms in total. The first kappa shape index (κ1) is 16.9. The summed E-state index contributed by atoms with van der Waals surface area (Å²) in [5, 5.41) is 0. The molecule has 0 saturated carbocycles. The number of nitrogens with zero attached hydrogens (tertiary/aromatic N) is 2. The van der Waals surface area contributed by atoms with Crippen molar-refractivity contribution in [1.82, 2.24) is 9.80 Å². The van der Waals surface area contributed by atoms with Crippen molar-refractivity contribution in [1.29, 1.82) is 0 Å². The Morgan fingerprint density at radius 1 is 1.14 bits per heavy atom. The van der Waals surface area contributed by atoms with Crippen molar-refractivity contribution >= 4 is 17.8 Å². The summed E-state index contributed by atoms with van der Waals surface area (Å²) < 4.78 is 0. The van der Waals surface area contributed by atoms with Gasteiger partial charge in [-0.1, -0.05) is 0 Å². The molecule has 0 radical (unpaired) electrons. The molecular formula is C16H23N3O2. The van der Waals surface area contributed by atoms with Crippen molar-refractivity contribution in [3.8, 4) is 0 Å². The molecule has 1 aliphatic rings. The molecule has 1 heterocycles. The number of benzene rings is 1. The van der Waals surface area contributed by atoms with E-state index in [9.17, 15) is 9.59 Å². The molecule has 21 heavy (non-hydrogen) atoms. The molecule has 5 heteroatoms. The molecule has 1 aliphatic heterocycles. The summed E-state index contributed by atoms with van der Waals surface area (Å²) >= 11 is 0. The van der Waals surface area contributed by atoms with Crippen LogP contribution in [0.15, 0.2) is 36.5 Å². The largest absolute Gasteiger partial charge is 0.399 e. The molecule has 1 saturated heterocycles. The fraction of sp³-hybridized carbons (Fsp3) is 0.375. The molecule has 1 aromatic rings. The van der Waals surface area contributed by atoms with Gasteiger partial charge in [-0.05, 0) is 44.3 Å². The molecule has 0 aliphatic carbocycles. The van der Waals surface area contributed by atoms with Crippen molar-refractivity contribution in [3.05, 3.63) is 42.1 Å². The van der Waals surface area contributed by atoms with Crippen molar-refractivity contribution in [2.24, 2.45) is 0 Å². The van der Waals surface area contributed by atoms with Crippen LogP contribution in [0.2, 0.25) is 0 Å². The van der Waals surface area contributed by atoms with E-state index in [2.05, 4.69) is 16.8 Å². The van der Waals surface area contributed by atoms with E-state index in [-0.39, 0.29) is 5.78 Å². The number of anilines is 1. The number of carbonyl (C=O) groups excluding carboxylic acids is 2. The van der Waals surface area contributed by atoms with Crippen LogP contribution in [0.3, 0.4) is 0 Å². The molecule has 1 fully saturated rings. The number of hydrogen-bond donors (Lipinski definition) is 1. The fourth-order valence-corrected chi connectivity index (χ4v) is 1.76. The number of nitrogens with two attached hydrogens (primary N) is 1. The lowest BCUT2D eigenvalue weighted by molar-refractivity contribution is -0.112. The third-order valence-corrected chi connectivity index (χ3v) is 3.13. The number of aldehydes is 1. The van der Waals surface area contributed by atoms with Gasteiger partial charge in [-0.3, -0.25) is 9.59 Å². The Hall–Kier alpha value is -2.14.